The molecule has 5 heteroatoms. The van der Waals surface area contributed by atoms with Gasteiger partial charge in [-0.05, 0) is 0 Å². The van der Waals surface area contributed by atoms with Crippen molar-refractivity contribution in [1.29, 1.82) is 0 Å². The van der Waals surface area contributed by atoms with Crippen molar-refractivity contribution in [3.8, 4) is 0 Å². The molecule has 1 aliphatic rings. The van der Waals surface area contributed by atoms with Crippen LogP contribution in [0, 0.1) is 0 Å². The molecular weight excluding hydrogens is 148 g/mol. The van der Waals surface area contributed by atoms with E-state index in [2.05, 4.69) is 4.74 Å². The molecule has 1 heterocycles. The smallest absolute Gasteiger partial charge is 0.407 e. The number of nitrogens with zero attached hydrogens (tertiary/aromatic N) is 1. The second kappa shape index (κ2) is 3.06. The summed E-state index contributed by atoms with van der Waals surface area (Å²) in [6, 6.07) is -0.577. The number of amides is 1. The maximum Gasteiger partial charge on any atom is 0.407 e. The molecular formula is C6H12N2O3. The van der Waals surface area contributed by atoms with Crippen molar-refractivity contribution < 1.29 is 18.8 Å². The van der Waals surface area contributed by atoms with Gasteiger partial charge in [0.1, 0.15) is 0 Å². The third kappa shape index (κ3) is 1.61. The van der Waals surface area contributed by atoms with Crippen LogP contribution >= 0.6 is 0 Å². The second-order valence-electron chi connectivity index (χ2n) is 2.51. The molecule has 0 saturated carbocycles. The van der Waals surface area contributed by atoms with Crippen molar-refractivity contribution in [3.63, 3.8) is 0 Å². The number of nitrogens with two attached hydrogens (primary N) is 1. The fraction of sp³-hybridized carbons (Fsp3) is 0.833. The predicted octanol–water partition coefficient (Wildman–Crippen LogP) is -0.678. The Labute approximate surface area is 68.9 Å². The number of hydrogen-bond acceptors (Lipinski definition) is 3. The number of carboxylic acid groups (broad SMARTS) is 1. The lowest BCUT2D eigenvalue weighted by molar-refractivity contribution is 0.0954. The first-order valence-corrected chi connectivity index (χ1v) is 3.21. The summed E-state index contributed by atoms with van der Waals surface area (Å²) in [4.78, 5) is 11.6. The molecule has 0 aliphatic carbocycles. The van der Waals surface area contributed by atoms with Gasteiger partial charge in [-0.2, -0.15) is 0 Å². The van der Waals surface area contributed by atoms with E-state index in [1.807, 2.05) is 0 Å². The summed E-state index contributed by atoms with van der Waals surface area (Å²) >= 11 is 0. The predicted molar refractivity (Wildman–Crippen MR) is 38.4 cm³/mol. The summed E-state index contributed by atoms with van der Waals surface area (Å²) in [6.45, 7) is 0.116. The van der Waals surface area contributed by atoms with Gasteiger partial charge in [0.25, 0.3) is 0 Å². The van der Waals surface area contributed by atoms with Crippen LogP contribution in [0.1, 0.15) is 4.11 Å². The Morgan fingerprint density at radius 3 is 3.09 bits per heavy atom. The molecule has 64 valence electrons. The molecule has 1 fully saturated rings. The number of ether oxygens (including phenoxy) is 1. The topological polar surface area (TPSA) is 75.8 Å². The first-order chi connectivity index (χ1) is 6.29. The molecule has 11 heavy (non-hydrogen) atoms. The quantitative estimate of drug-likeness (QED) is 0.537. The molecule has 0 bridgehead atoms. The highest BCUT2D eigenvalue weighted by Gasteiger charge is 2.32. The monoisotopic (exact) mass is 163 g/mol. The van der Waals surface area contributed by atoms with Gasteiger partial charge in [-0.25, -0.2) is 4.79 Å². The molecule has 5 nitrogen and oxygen atoms in total. The first-order valence-electron chi connectivity index (χ1n) is 4.71. The lowest BCUT2D eigenvalue weighted by Crippen LogP contribution is -2.34. The number of hydrogen-bond donors (Lipinski definition) is 2. The molecule has 0 aromatic carbocycles. The van der Waals surface area contributed by atoms with Crippen molar-refractivity contribution in [1.82, 2.24) is 4.90 Å². The Morgan fingerprint density at radius 2 is 2.64 bits per heavy atom. The van der Waals surface area contributed by atoms with E-state index in [-0.39, 0.29) is 13.1 Å². The maximum absolute atomic E-state index is 10.5. The summed E-state index contributed by atoms with van der Waals surface area (Å²) in [6.07, 6.45) is -1.87. The summed E-state index contributed by atoms with van der Waals surface area (Å²) in [7, 11) is -2.53. The Bertz CT molecular complexity index is 233. The van der Waals surface area contributed by atoms with E-state index in [0.29, 0.717) is 0 Å². The molecule has 1 amide bonds. The van der Waals surface area contributed by atoms with Crippen molar-refractivity contribution in [2.75, 3.05) is 20.1 Å². The van der Waals surface area contributed by atoms with Crippen LogP contribution in [0.4, 0.5) is 4.79 Å². The average molecular weight is 163 g/mol. The summed E-state index contributed by atoms with van der Waals surface area (Å²) < 4.78 is 25.2. The van der Waals surface area contributed by atoms with Gasteiger partial charge in [-0.1, -0.05) is 0 Å². The molecule has 0 aromatic heterocycles. The van der Waals surface area contributed by atoms with E-state index in [1.165, 1.54) is 0 Å². The second-order valence-corrected chi connectivity index (χ2v) is 2.51. The van der Waals surface area contributed by atoms with Gasteiger partial charge in [0.15, 0.2) is 0 Å². The van der Waals surface area contributed by atoms with E-state index in [9.17, 15) is 4.79 Å². The summed E-state index contributed by atoms with van der Waals surface area (Å²) in [5.74, 6) is 0. The van der Waals surface area contributed by atoms with Crippen LogP contribution in [0.2, 0.25) is 0 Å². The zero-order valence-corrected chi connectivity index (χ0v) is 5.86. The van der Waals surface area contributed by atoms with Crippen LogP contribution in [0.15, 0.2) is 0 Å². The van der Waals surface area contributed by atoms with Gasteiger partial charge in [-0.3, -0.25) is 0 Å². The SMILES string of the molecule is [2H]C([2H])([2H])O[C@H]1CN(C(=O)O)C[C@@H]1N. The number of likely N-dealkylation sites (tertiary alicyclic amines) is 1. The van der Waals surface area contributed by atoms with Gasteiger partial charge in [0.05, 0.1) is 22.8 Å². The first kappa shape index (κ1) is 4.95. The van der Waals surface area contributed by atoms with Crippen LogP contribution in [-0.4, -0.2) is 48.4 Å². The van der Waals surface area contributed by atoms with Crippen molar-refractivity contribution >= 4 is 6.09 Å². The minimum atomic E-state index is -2.53. The van der Waals surface area contributed by atoms with E-state index in [1.54, 1.807) is 0 Å². The minimum Gasteiger partial charge on any atom is -0.465 e. The Balaban J connectivity index is 2.53. The largest absolute Gasteiger partial charge is 0.465 e. The van der Waals surface area contributed by atoms with E-state index in [0.717, 1.165) is 4.90 Å². The lowest BCUT2D eigenvalue weighted by atomic mass is 10.2. The fourth-order valence-electron chi connectivity index (χ4n) is 1.08. The van der Waals surface area contributed by atoms with Crippen LogP contribution < -0.4 is 5.73 Å². The maximum atomic E-state index is 10.5. The normalized spacial score (nSPS) is 36.1. The minimum absolute atomic E-state index is 0.00882. The van der Waals surface area contributed by atoms with E-state index >= 15 is 0 Å². The molecule has 1 rings (SSSR count). The van der Waals surface area contributed by atoms with Crippen molar-refractivity contribution in [2.24, 2.45) is 5.73 Å². The summed E-state index contributed by atoms with van der Waals surface area (Å²) in [5, 5.41) is 8.62. The summed E-state index contributed by atoms with van der Waals surface area (Å²) in [5.41, 5.74) is 5.53. The highest BCUT2D eigenvalue weighted by Crippen LogP contribution is 2.10. The zero-order chi connectivity index (χ0) is 10.9. The van der Waals surface area contributed by atoms with Crippen molar-refractivity contribution in [3.05, 3.63) is 0 Å². The molecule has 0 radical (unpaired) electrons. The number of carbonyl (C=O) groups is 1. The Kier molecular flexibility index (Phi) is 1.38. The van der Waals surface area contributed by atoms with Crippen LogP contribution in [-0.2, 0) is 4.74 Å². The molecule has 0 unspecified atom stereocenters. The van der Waals surface area contributed by atoms with Gasteiger partial charge in [0, 0.05) is 13.6 Å². The number of methoxy groups -OCH3 is 1. The molecule has 0 spiro atoms. The third-order valence-electron chi connectivity index (χ3n) is 1.73. The molecule has 0 aromatic rings. The van der Waals surface area contributed by atoms with E-state index in [4.69, 9.17) is 15.0 Å². The number of rotatable bonds is 1. The molecule has 1 saturated heterocycles. The van der Waals surface area contributed by atoms with Gasteiger partial charge < -0.3 is 20.5 Å². The highest BCUT2D eigenvalue weighted by molar-refractivity contribution is 5.65. The van der Waals surface area contributed by atoms with Crippen molar-refractivity contribution in [2.45, 2.75) is 12.1 Å². The van der Waals surface area contributed by atoms with Crippen LogP contribution in [0.25, 0.3) is 0 Å². The van der Waals surface area contributed by atoms with E-state index < -0.39 is 25.3 Å². The third-order valence-corrected chi connectivity index (χ3v) is 1.73. The molecule has 1 aliphatic heterocycles. The highest BCUT2D eigenvalue weighted by atomic mass is 16.5. The van der Waals surface area contributed by atoms with Crippen LogP contribution in [0.3, 0.4) is 0 Å². The fourth-order valence-corrected chi connectivity index (χ4v) is 1.08. The zero-order valence-electron chi connectivity index (χ0n) is 8.86. The molecule has 2 atom stereocenters. The Hall–Kier alpha value is -0.810. The standard InChI is InChI=1S/C6H12N2O3/c1-11-5-3-8(6(9)10)2-4(5)7/h4-5H,2-3,7H2,1H3,(H,9,10)/t4-,5-/m0/s1/i1D3. The van der Waals surface area contributed by atoms with Gasteiger partial charge in [0.2, 0.25) is 0 Å². The lowest BCUT2D eigenvalue weighted by Gasteiger charge is -2.10. The molecule has 3 N–H and O–H groups in total. The van der Waals surface area contributed by atoms with Gasteiger partial charge >= 0.3 is 6.09 Å². The van der Waals surface area contributed by atoms with Gasteiger partial charge in [-0.15, -0.1) is 0 Å². The average Bonchev–Trinajstić information content (AvgIpc) is 2.29. The van der Waals surface area contributed by atoms with Crippen LogP contribution in [0.5, 0.6) is 0 Å². The Morgan fingerprint density at radius 1 is 1.91 bits per heavy atom.